The molecule has 0 bridgehead atoms. The zero-order chi connectivity index (χ0) is 10.4. The lowest BCUT2D eigenvalue weighted by Crippen LogP contribution is -1.99. The van der Waals surface area contributed by atoms with Gasteiger partial charge in [0.15, 0.2) is 0 Å². The number of ether oxygens (including phenoxy) is 1. The predicted octanol–water partition coefficient (Wildman–Crippen LogP) is 2.90. The fourth-order valence-electron chi connectivity index (χ4n) is 1.50. The van der Waals surface area contributed by atoms with E-state index in [1.54, 1.807) is 7.11 Å². The van der Waals surface area contributed by atoms with Crippen molar-refractivity contribution >= 4 is 0 Å². The lowest BCUT2D eigenvalue weighted by atomic mass is 10.0. The maximum absolute atomic E-state index is 5.28. The monoisotopic (exact) mass is 188 g/mol. The molecule has 1 atom stereocenters. The number of rotatable bonds is 3. The van der Waals surface area contributed by atoms with E-state index in [-0.39, 0.29) is 0 Å². The third-order valence-electron chi connectivity index (χ3n) is 2.11. The van der Waals surface area contributed by atoms with Crippen LogP contribution in [0.2, 0.25) is 0 Å². The molecule has 0 radical (unpaired) electrons. The van der Waals surface area contributed by atoms with Crippen LogP contribution in [0.15, 0.2) is 24.3 Å². The first-order valence-corrected chi connectivity index (χ1v) is 4.82. The predicted molar refractivity (Wildman–Crippen MR) is 59.3 cm³/mol. The Labute approximate surface area is 86.1 Å². The third kappa shape index (κ3) is 2.81. The fraction of sp³-hybridized carbons (Fsp3) is 0.385. The quantitative estimate of drug-likeness (QED) is 0.663. The highest BCUT2D eigenvalue weighted by Crippen LogP contribution is 2.20. The minimum Gasteiger partial charge on any atom is -0.496 e. The standard InChI is InChI=1S/C13H16O/c1-4-7-11(2)10-12-8-5-6-9-13(12)14-3/h5-6,8-9,11H,10H2,1-3H3. The van der Waals surface area contributed by atoms with E-state index in [1.165, 1.54) is 5.56 Å². The Kier molecular flexibility index (Phi) is 4.07. The summed E-state index contributed by atoms with van der Waals surface area (Å²) in [4.78, 5) is 0. The van der Waals surface area contributed by atoms with Crippen LogP contribution in [0.3, 0.4) is 0 Å². The summed E-state index contributed by atoms with van der Waals surface area (Å²) in [6.07, 6.45) is 0.949. The molecule has 0 amide bonds. The molecule has 1 aromatic carbocycles. The summed E-state index contributed by atoms with van der Waals surface area (Å²) >= 11 is 0. The number of hydrogen-bond donors (Lipinski definition) is 0. The molecule has 0 spiro atoms. The second kappa shape index (κ2) is 5.34. The van der Waals surface area contributed by atoms with Crippen LogP contribution < -0.4 is 4.74 Å². The molecule has 0 aliphatic carbocycles. The van der Waals surface area contributed by atoms with Gasteiger partial charge in [-0.05, 0) is 25.0 Å². The van der Waals surface area contributed by atoms with Crippen molar-refractivity contribution < 1.29 is 4.74 Å². The highest BCUT2D eigenvalue weighted by Gasteiger charge is 2.04. The Morgan fingerprint density at radius 3 is 2.71 bits per heavy atom. The van der Waals surface area contributed by atoms with E-state index in [0.29, 0.717) is 5.92 Å². The van der Waals surface area contributed by atoms with Crippen molar-refractivity contribution in [3.8, 4) is 17.6 Å². The number of methoxy groups -OCH3 is 1. The summed E-state index contributed by atoms with van der Waals surface area (Å²) in [6, 6.07) is 8.09. The molecule has 1 unspecified atom stereocenters. The van der Waals surface area contributed by atoms with Crippen LogP contribution in [0.4, 0.5) is 0 Å². The summed E-state index contributed by atoms with van der Waals surface area (Å²) in [5.41, 5.74) is 1.23. The van der Waals surface area contributed by atoms with Gasteiger partial charge < -0.3 is 4.74 Å². The summed E-state index contributed by atoms with van der Waals surface area (Å²) in [6.45, 7) is 4.00. The summed E-state index contributed by atoms with van der Waals surface area (Å²) in [5, 5.41) is 0. The van der Waals surface area contributed by atoms with Gasteiger partial charge in [-0.1, -0.05) is 25.1 Å². The van der Waals surface area contributed by atoms with Gasteiger partial charge in [0.2, 0.25) is 0 Å². The molecule has 0 saturated heterocycles. The second-order valence-corrected chi connectivity index (χ2v) is 3.31. The molecule has 1 heteroatoms. The molecule has 0 N–H and O–H groups in total. The first kappa shape index (κ1) is 10.7. The van der Waals surface area contributed by atoms with Crippen LogP contribution in [0.25, 0.3) is 0 Å². The largest absolute Gasteiger partial charge is 0.496 e. The van der Waals surface area contributed by atoms with Crippen LogP contribution in [0.5, 0.6) is 5.75 Å². The van der Waals surface area contributed by atoms with Crippen molar-refractivity contribution in [1.29, 1.82) is 0 Å². The molecule has 1 aromatic rings. The minimum atomic E-state index is 0.385. The van der Waals surface area contributed by atoms with Gasteiger partial charge in [0, 0.05) is 5.92 Å². The maximum atomic E-state index is 5.28. The lowest BCUT2D eigenvalue weighted by molar-refractivity contribution is 0.408. The van der Waals surface area contributed by atoms with Crippen LogP contribution >= 0.6 is 0 Å². The molecule has 1 nitrogen and oxygen atoms in total. The molecule has 0 aromatic heterocycles. The highest BCUT2D eigenvalue weighted by atomic mass is 16.5. The zero-order valence-corrected chi connectivity index (χ0v) is 9.00. The van der Waals surface area contributed by atoms with E-state index >= 15 is 0 Å². The van der Waals surface area contributed by atoms with E-state index in [1.807, 2.05) is 25.1 Å². The molecule has 1 rings (SSSR count). The minimum absolute atomic E-state index is 0.385. The number of hydrogen-bond acceptors (Lipinski definition) is 1. The summed E-state index contributed by atoms with van der Waals surface area (Å²) < 4.78 is 5.28. The van der Waals surface area contributed by atoms with Gasteiger partial charge >= 0.3 is 0 Å². The van der Waals surface area contributed by atoms with E-state index in [0.717, 1.165) is 12.2 Å². The van der Waals surface area contributed by atoms with E-state index in [9.17, 15) is 0 Å². The Bertz CT molecular complexity index is 344. The SMILES string of the molecule is CC#CC(C)Cc1ccccc1OC. The molecule has 14 heavy (non-hydrogen) atoms. The van der Waals surface area contributed by atoms with Gasteiger partial charge in [-0.25, -0.2) is 0 Å². The van der Waals surface area contributed by atoms with Gasteiger partial charge in [0.25, 0.3) is 0 Å². The molecule has 0 heterocycles. The van der Waals surface area contributed by atoms with Gasteiger partial charge in [-0.3, -0.25) is 0 Å². The molecule has 0 saturated carbocycles. The normalized spacial score (nSPS) is 11.4. The average Bonchev–Trinajstić information content (AvgIpc) is 2.19. The van der Waals surface area contributed by atoms with Gasteiger partial charge in [-0.2, -0.15) is 0 Å². The third-order valence-corrected chi connectivity index (χ3v) is 2.11. The molecule has 0 fully saturated rings. The molecule has 0 aliphatic heterocycles. The van der Waals surface area contributed by atoms with E-state index in [4.69, 9.17) is 4.74 Å². The first-order valence-electron chi connectivity index (χ1n) is 4.82. The highest BCUT2D eigenvalue weighted by molar-refractivity contribution is 5.34. The maximum Gasteiger partial charge on any atom is 0.122 e. The Morgan fingerprint density at radius 1 is 1.36 bits per heavy atom. The topological polar surface area (TPSA) is 9.23 Å². The van der Waals surface area contributed by atoms with E-state index in [2.05, 4.69) is 24.8 Å². The zero-order valence-electron chi connectivity index (χ0n) is 9.00. The van der Waals surface area contributed by atoms with Gasteiger partial charge in [0.05, 0.1) is 7.11 Å². The van der Waals surface area contributed by atoms with Crippen LogP contribution in [-0.2, 0) is 6.42 Å². The molecule has 74 valence electrons. The van der Waals surface area contributed by atoms with Crippen molar-refractivity contribution in [3.05, 3.63) is 29.8 Å². The van der Waals surface area contributed by atoms with Crippen molar-refractivity contribution in [3.63, 3.8) is 0 Å². The Morgan fingerprint density at radius 2 is 2.07 bits per heavy atom. The van der Waals surface area contributed by atoms with Crippen molar-refractivity contribution in [2.45, 2.75) is 20.3 Å². The Balaban J connectivity index is 2.78. The Hall–Kier alpha value is -1.42. The fourth-order valence-corrected chi connectivity index (χ4v) is 1.50. The smallest absolute Gasteiger partial charge is 0.122 e. The molecule has 0 aliphatic rings. The van der Waals surface area contributed by atoms with Crippen molar-refractivity contribution in [2.75, 3.05) is 7.11 Å². The first-order chi connectivity index (χ1) is 6.77. The van der Waals surface area contributed by atoms with Gasteiger partial charge in [0.1, 0.15) is 5.75 Å². The number of para-hydroxylation sites is 1. The van der Waals surface area contributed by atoms with Crippen LogP contribution in [0, 0.1) is 17.8 Å². The second-order valence-electron chi connectivity index (χ2n) is 3.31. The summed E-state index contributed by atoms with van der Waals surface area (Å²) in [5.74, 6) is 7.42. The van der Waals surface area contributed by atoms with Crippen LogP contribution in [-0.4, -0.2) is 7.11 Å². The number of benzene rings is 1. The van der Waals surface area contributed by atoms with E-state index < -0.39 is 0 Å². The van der Waals surface area contributed by atoms with Crippen molar-refractivity contribution in [2.24, 2.45) is 5.92 Å². The van der Waals surface area contributed by atoms with Gasteiger partial charge in [-0.15, -0.1) is 11.8 Å². The summed E-state index contributed by atoms with van der Waals surface area (Å²) in [7, 11) is 1.70. The molecular formula is C13H16O. The van der Waals surface area contributed by atoms with Crippen LogP contribution in [0.1, 0.15) is 19.4 Å². The average molecular weight is 188 g/mol. The lowest BCUT2D eigenvalue weighted by Gasteiger charge is -2.09. The van der Waals surface area contributed by atoms with Crippen molar-refractivity contribution in [1.82, 2.24) is 0 Å². The molecular weight excluding hydrogens is 172 g/mol.